The zero-order valence-corrected chi connectivity index (χ0v) is 14.2. The lowest BCUT2D eigenvalue weighted by Crippen LogP contribution is -2.14. The van der Waals surface area contributed by atoms with Gasteiger partial charge in [-0.25, -0.2) is 0 Å². The molecule has 0 bridgehead atoms. The number of hydrogen-bond donors (Lipinski definition) is 0. The minimum atomic E-state index is -0.986. The highest BCUT2D eigenvalue weighted by molar-refractivity contribution is 6.80. The van der Waals surface area contributed by atoms with Gasteiger partial charge in [0.25, 0.3) is 0 Å². The van der Waals surface area contributed by atoms with E-state index in [1.165, 1.54) is 57.8 Å². The van der Waals surface area contributed by atoms with Crippen molar-refractivity contribution in [2.24, 2.45) is 0 Å². The van der Waals surface area contributed by atoms with Gasteiger partial charge in [-0.05, 0) is 12.8 Å². The normalized spacial score (nSPS) is 12.9. The van der Waals surface area contributed by atoms with Gasteiger partial charge in [0.1, 0.15) is 0 Å². The molecule has 0 aromatic heterocycles. The van der Waals surface area contributed by atoms with Crippen molar-refractivity contribution >= 4 is 8.07 Å². The molecular weight excluding hydrogens is 232 g/mol. The Morgan fingerprint density at radius 3 is 1.83 bits per heavy atom. The monoisotopic (exact) mass is 266 g/mol. The third-order valence-electron chi connectivity index (χ3n) is 3.07. The highest BCUT2D eigenvalue weighted by atomic mass is 28.3. The molecule has 0 amide bonds. The molecule has 18 heavy (non-hydrogen) atoms. The maximum absolute atomic E-state index is 2.40. The van der Waals surface area contributed by atoms with Crippen molar-refractivity contribution in [2.75, 3.05) is 0 Å². The molecule has 0 saturated heterocycles. The van der Waals surface area contributed by atoms with Gasteiger partial charge >= 0.3 is 0 Å². The van der Waals surface area contributed by atoms with Gasteiger partial charge in [0.2, 0.25) is 0 Å². The average molecular weight is 267 g/mol. The Balaban J connectivity index is 3.25. The molecule has 0 rings (SSSR count). The molecule has 0 aliphatic heterocycles. The van der Waals surface area contributed by atoms with Crippen molar-refractivity contribution in [3.8, 4) is 0 Å². The Labute approximate surface area is 117 Å². The molecule has 0 fully saturated rings. The molecule has 106 valence electrons. The lowest BCUT2D eigenvalue weighted by molar-refractivity contribution is 0.577. The topological polar surface area (TPSA) is 0 Å². The van der Waals surface area contributed by atoms with Gasteiger partial charge in [-0.3, -0.25) is 0 Å². The lowest BCUT2D eigenvalue weighted by atomic mass is 10.1. The molecule has 0 radical (unpaired) electrons. The zero-order valence-electron chi connectivity index (χ0n) is 13.2. The van der Waals surface area contributed by atoms with E-state index in [4.69, 9.17) is 0 Å². The molecule has 0 unspecified atom stereocenters. The van der Waals surface area contributed by atoms with Crippen LogP contribution in [0.15, 0.2) is 23.9 Å². The summed E-state index contributed by atoms with van der Waals surface area (Å²) in [7, 11) is -0.986. The quantitative estimate of drug-likeness (QED) is 0.227. The van der Waals surface area contributed by atoms with E-state index < -0.39 is 8.07 Å². The summed E-state index contributed by atoms with van der Waals surface area (Å²) >= 11 is 0. The molecule has 0 aromatic rings. The average Bonchev–Trinajstić information content (AvgIpc) is 2.29. The molecule has 0 saturated carbocycles. The Hall–Kier alpha value is -0.303. The summed E-state index contributed by atoms with van der Waals surface area (Å²) in [5.41, 5.74) is 2.40. The van der Waals surface area contributed by atoms with Gasteiger partial charge in [-0.1, -0.05) is 95.4 Å². The second kappa shape index (κ2) is 11.8. The fraction of sp³-hybridized carbons (Fsp3) is 0.765. The van der Waals surface area contributed by atoms with E-state index in [0.29, 0.717) is 0 Å². The van der Waals surface area contributed by atoms with Crippen LogP contribution < -0.4 is 0 Å². The standard InChI is InChI=1S/C17H34Si/c1-5-6-7-8-9-10-11-12-13-14-15-16-17-18(2,3)4/h14-17H,5-13H2,1-4H3/b15-14+,17-16+. The SMILES string of the molecule is CCCCCCCCCC/C=C/C=C/[Si](C)(C)C. The van der Waals surface area contributed by atoms with E-state index >= 15 is 0 Å². The molecule has 0 atom stereocenters. The first-order valence-corrected chi connectivity index (χ1v) is 11.5. The van der Waals surface area contributed by atoms with Crippen LogP contribution in [0.4, 0.5) is 0 Å². The predicted octanol–water partition coefficient (Wildman–Crippen LogP) is 6.51. The van der Waals surface area contributed by atoms with Crippen LogP contribution in [0.2, 0.25) is 19.6 Å². The molecule has 0 nitrogen and oxygen atoms in total. The van der Waals surface area contributed by atoms with E-state index in [2.05, 4.69) is 50.5 Å². The maximum Gasteiger partial charge on any atom is 0.0686 e. The summed E-state index contributed by atoms with van der Waals surface area (Å²) < 4.78 is 0. The Bertz CT molecular complexity index is 220. The van der Waals surface area contributed by atoms with E-state index in [1.54, 1.807) is 0 Å². The van der Waals surface area contributed by atoms with E-state index in [-0.39, 0.29) is 0 Å². The van der Waals surface area contributed by atoms with Gasteiger partial charge in [0, 0.05) is 0 Å². The Morgan fingerprint density at radius 2 is 1.28 bits per heavy atom. The summed E-state index contributed by atoms with van der Waals surface area (Å²) in [5.74, 6) is 0. The predicted molar refractivity (Wildman–Crippen MR) is 88.9 cm³/mol. The summed E-state index contributed by atoms with van der Waals surface area (Å²) in [6.07, 6.45) is 19.4. The minimum Gasteiger partial charge on any atom is -0.0950 e. The lowest BCUT2D eigenvalue weighted by Gasteiger charge is -2.06. The zero-order chi connectivity index (χ0) is 13.7. The van der Waals surface area contributed by atoms with E-state index in [9.17, 15) is 0 Å². The van der Waals surface area contributed by atoms with Crippen LogP contribution in [0.25, 0.3) is 0 Å². The Kier molecular flexibility index (Phi) is 11.6. The van der Waals surface area contributed by atoms with Gasteiger partial charge in [-0.15, -0.1) is 0 Å². The second-order valence-electron chi connectivity index (χ2n) is 6.42. The van der Waals surface area contributed by atoms with Crippen molar-refractivity contribution in [2.45, 2.75) is 84.4 Å². The van der Waals surface area contributed by atoms with Crippen LogP contribution in [-0.2, 0) is 0 Å². The highest BCUT2D eigenvalue weighted by Gasteiger charge is 2.05. The van der Waals surface area contributed by atoms with Crippen molar-refractivity contribution in [3.63, 3.8) is 0 Å². The van der Waals surface area contributed by atoms with Crippen molar-refractivity contribution in [1.82, 2.24) is 0 Å². The third kappa shape index (κ3) is 15.7. The van der Waals surface area contributed by atoms with Gasteiger partial charge in [-0.2, -0.15) is 0 Å². The largest absolute Gasteiger partial charge is 0.0950 e. The summed E-state index contributed by atoms with van der Waals surface area (Å²) in [6.45, 7) is 9.39. The first kappa shape index (κ1) is 17.7. The van der Waals surface area contributed by atoms with Crippen molar-refractivity contribution in [1.29, 1.82) is 0 Å². The minimum absolute atomic E-state index is 0.986. The van der Waals surface area contributed by atoms with Crippen LogP contribution in [0.3, 0.4) is 0 Å². The van der Waals surface area contributed by atoms with Gasteiger partial charge < -0.3 is 0 Å². The molecule has 0 spiro atoms. The van der Waals surface area contributed by atoms with Crippen LogP contribution in [0.1, 0.15) is 64.7 Å². The third-order valence-corrected chi connectivity index (χ3v) is 4.26. The van der Waals surface area contributed by atoms with Crippen LogP contribution in [-0.4, -0.2) is 8.07 Å². The fourth-order valence-corrected chi connectivity index (χ4v) is 2.60. The summed E-state index contributed by atoms with van der Waals surface area (Å²) in [6, 6.07) is 0. The fourth-order valence-electron chi connectivity index (χ4n) is 1.92. The molecular formula is C17H34Si. The molecule has 0 aliphatic rings. The molecule has 1 heteroatoms. The van der Waals surface area contributed by atoms with Gasteiger partial charge in [0.15, 0.2) is 0 Å². The van der Waals surface area contributed by atoms with Crippen LogP contribution in [0, 0.1) is 0 Å². The smallest absolute Gasteiger partial charge is 0.0686 e. The first-order chi connectivity index (χ1) is 8.56. The first-order valence-electron chi connectivity index (χ1n) is 7.90. The van der Waals surface area contributed by atoms with Crippen LogP contribution in [0.5, 0.6) is 0 Å². The van der Waals surface area contributed by atoms with Crippen molar-refractivity contribution < 1.29 is 0 Å². The number of allylic oxidation sites excluding steroid dienone is 3. The maximum atomic E-state index is 2.40. The number of rotatable bonds is 11. The number of unbranched alkanes of at least 4 members (excludes halogenated alkanes) is 8. The van der Waals surface area contributed by atoms with Gasteiger partial charge in [0.05, 0.1) is 8.07 Å². The Morgan fingerprint density at radius 1 is 0.722 bits per heavy atom. The summed E-state index contributed by atoms with van der Waals surface area (Å²) in [5, 5.41) is 0. The molecule has 0 heterocycles. The van der Waals surface area contributed by atoms with E-state index in [1.807, 2.05) is 0 Å². The van der Waals surface area contributed by atoms with Crippen molar-refractivity contribution in [3.05, 3.63) is 23.9 Å². The highest BCUT2D eigenvalue weighted by Crippen LogP contribution is 2.09. The second-order valence-corrected chi connectivity index (χ2v) is 11.5. The molecule has 0 aliphatic carbocycles. The van der Waals surface area contributed by atoms with E-state index in [0.717, 1.165) is 0 Å². The number of hydrogen-bond acceptors (Lipinski definition) is 0. The molecule has 0 aromatic carbocycles. The van der Waals surface area contributed by atoms with Crippen LogP contribution >= 0.6 is 0 Å². The summed E-state index contributed by atoms with van der Waals surface area (Å²) in [4.78, 5) is 0. The molecule has 0 N–H and O–H groups in total.